The highest BCUT2D eigenvalue weighted by molar-refractivity contribution is 5.89. The highest BCUT2D eigenvalue weighted by Gasteiger charge is 2.23. The molecule has 1 aliphatic rings. The van der Waals surface area contributed by atoms with E-state index in [1.807, 2.05) is 0 Å². The summed E-state index contributed by atoms with van der Waals surface area (Å²) < 4.78 is 4.57. The highest BCUT2D eigenvalue weighted by atomic mass is 16.5. The van der Waals surface area contributed by atoms with Gasteiger partial charge >= 0.3 is 5.97 Å². The van der Waals surface area contributed by atoms with Crippen LogP contribution in [0.5, 0.6) is 0 Å². The molecular formula is C9H15NO3. The van der Waals surface area contributed by atoms with Crippen LogP contribution in [-0.4, -0.2) is 24.0 Å². The number of carbonyl (C=O) groups is 1. The second kappa shape index (κ2) is 4.84. The van der Waals surface area contributed by atoms with Crippen molar-refractivity contribution >= 4 is 11.7 Å². The Morgan fingerprint density at radius 3 is 3.08 bits per heavy atom. The fraction of sp³-hybridized carbons (Fsp3) is 0.778. The first kappa shape index (κ1) is 10.0. The van der Waals surface area contributed by atoms with E-state index in [1.54, 1.807) is 0 Å². The van der Waals surface area contributed by atoms with Crippen LogP contribution in [0.4, 0.5) is 0 Å². The third kappa shape index (κ3) is 2.72. The lowest BCUT2D eigenvalue weighted by atomic mass is 9.85. The standard InChI is InChI=1S/C9H15NO3/c1-13-9(11)6-7-4-2-3-5-8(7)10-12/h7,12H,2-6H2,1H3. The van der Waals surface area contributed by atoms with E-state index in [-0.39, 0.29) is 11.9 Å². The molecule has 0 heterocycles. The average molecular weight is 185 g/mol. The smallest absolute Gasteiger partial charge is 0.306 e. The summed E-state index contributed by atoms with van der Waals surface area (Å²) in [7, 11) is 1.38. The summed E-state index contributed by atoms with van der Waals surface area (Å²) in [4.78, 5) is 11.0. The molecule has 1 aliphatic carbocycles. The molecule has 0 aromatic heterocycles. The van der Waals surface area contributed by atoms with Gasteiger partial charge < -0.3 is 9.94 Å². The Bertz CT molecular complexity index is 213. The summed E-state index contributed by atoms with van der Waals surface area (Å²) in [5, 5.41) is 11.9. The zero-order valence-electron chi connectivity index (χ0n) is 7.82. The molecule has 13 heavy (non-hydrogen) atoms. The lowest BCUT2D eigenvalue weighted by Crippen LogP contribution is -2.22. The summed E-state index contributed by atoms with van der Waals surface area (Å²) in [5.41, 5.74) is 0.747. The van der Waals surface area contributed by atoms with Gasteiger partial charge in [0.1, 0.15) is 0 Å². The molecule has 0 aliphatic heterocycles. The van der Waals surface area contributed by atoms with E-state index in [2.05, 4.69) is 9.89 Å². The minimum Gasteiger partial charge on any atom is -0.469 e. The topological polar surface area (TPSA) is 58.9 Å². The molecule has 1 saturated carbocycles. The van der Waals surface area contributed by atoms with Crippen molar-refractivity contribution in [3.8, 4) is 0 Å². The lowest BCUT2D eigenvalue weighted by molar-refractivity contribution is -0.141. The fourth-order valence-corrected chi connectivity index (χ4v) is 1.70. The highest BCUT2D eigenvalue weighted by Crippen LogP contribution is 2.24. The number of hydrogen-bond donors (Lipinski definition) is 1. The molecule has 1 atom stereocenters. The third-order valence-electron chi connectivity index (χ3n) is 2.48. The molecule has 1 rings (SSSR count). The Kier molecular flexibility index (Phi) is 3.73. The Morgan fingerprint density at radius 1 is 1.69 bits per heavy atom. The Hall–Kier alpha value is -1.06. The molecule has 0 aromatic rings. The van der Waals surface area contributed by atoms with Crippen molar-refractivity contribution in [2.75, 3.05) is 7.11 Å². The van der Waals surface area contributed by atoms with Gasteiger partial charge in [-0.15, -0.1) is 0 Å². The Morgan fingerprint density at radius 2 is 2.46 bits per heavy atom. The van der Waals surface area contributed by atoms with Crippen LogP contribution < -0.4 is 0 Å². The fourth-order valence-electron chi connectivity index (χ4n) is 1.70. The predicted molar refractivity (Wildman–Crippen MR) is 47.8 cm³/mol. The summed E-state index contributed by atoms with van der Waals surface area (Å²) in [6, 6.07) is 0. The van der Waals surface area contributed by atoms with Gasteiger partial charge in [0, 0.05) is 5.92 Å². The van der Waals surface area contributed by atoms with E-state index in [9.17, 15) is 4.79 Å². The molecule has 1 fully saturated rings. The van der Waals surface area contributed by atoms with Crippen LogP contribution in [-0.2, 0) is 9.53 Å². The van der Waals surface area contributed by atoms with E-state index >= 15 is 0 Å². The van der Waals surface area contributed by atoms with E-state index in [0.717, 1.165) is 31.4 Å². The number of rotatable bonds is 2. The molecule has 4 heteroatoms. The van der Waals surface area contributed by atoms with Crippen LogP contribution in [0.3, 0.4) is 0 Å². The van der Waals surface area contributed by atoms with Gasteiger partial charge in [-0.25, -0.2) is 0 Å². The molecule has 1 N–H and O–H groups in total. The van der Waals surface area contributed by atoms with Crippen LogP contribution in [0, 0.1) is 5.92 Å². The number of methoxy groups -OCH3 is 1. The molecule has 74 valence electrons. The second-order valence-corrected chi connectivity index (χ2v) is 3.31. The van der Waals surface area contributed by atoms with Crippen LogP contribution in [0.25, 0.3) is 0 Å². The van der Waals surface area contributed by atoms with Gasteiger partial charge in [-0.05, 0) is 19.3 Å². The van der Waals surface area contributed by atoms with Crippen molar-refractivity contribution in [1.29, 1.82) is 0 Å². The third-order valence-corrected chi connectivity index (χ3v) is 2.48. The van der Waals surface area contributed by atoms with Crippen LogP contribution in [0.15, 0.2) is 5.16 Å². The van der Waals surface area contributed by atoms with Gasteiger partial charge in [-0.3, -0.25) is 4.79 Å². The van der Waals surface area contributed by atoms with Gasteiger partial charge in [-0.1, -0.05) is 11.6 Å². The van der Waals surface area contributed by atoms with Crippen LogP contribution in [0.2, 0.25) is 0 Å². The van der Waals surface area contributed by atoms with Crippen LogP contribution in [0.1, 0.15) is 32.1 Å². The maximum Gasteiger partial charge on any atom is 0.306 e. The van der Waals surface area contributed by atoms with Crippen molar-refractivity contribution in [3.63, 3.8) is 0 Å². The molecule has 0 spiro atoms. The van der Waals surface area contributed by atoms with E-state index in [0.29, 0.717) is 6.42 Å². The van der Waals surface area contributed by atoms with Gasteiger partial charge in [0.05, 0.1) is 19.2 Å². The van der Waals surface area contributed by atoms with Gasteiger partial charge in [0.2, 0.25) is 0 Å². The van der Waals surface area contributed by atoms with Crippen LogP contribution >= 0.6 is 0 Å². The quantitative estimate of drug-likeness (QED) is 0.403. The molecule has 0 bridgehead atoms. The van der Waals surface area contributed by atoms with Gasteiger partial charge in [0.25, 0.3) is 0 Å². The number of ether oxygens (including phenoxy) is 1. The number of carbonyl (C=O) groups excluding carboxylic acids is 1. The predicted octanol–water partition coefficient (Wildman–Crippen LogP) is 1.57. The second-order valence-electron chi connectivity index (χ2n) is 3.31. The largest absolute Gasteiger partial charge is 0.469 e. The molecule has 1 unspecified atom stereocenters. The van der Waals surface area contributed by atoms with Crippen molar-refractivity contribution in [2.24, 2.45) is 11.1 Å². The minimum atomic E-state index is -0.229. The lowest BCUT2D eigenvalue weighted by Gasteiger charge is -2.21. The van der Waals surface area contributed by atoms with Crippen molar-refractivity contribution in [3.05, 3.63) is 0 Å². The summed E-state index contributed by atoms with van der Waals surface area (Å²) in [6.07, 6.45) is 4.22. The number of esters is 1. The van der Waals surface area contributed by atoms with Crippen molar-refractivity contribution in [2.45, 2.75) is 32.1 Å². The monoisotopic (exact) mass is 185 g/mol. The Balaban J connectivity index is 2.50. The molecule has 0 saturated heterocycles. The van der Waals surface area contributed by atoms with E-state index < -0.39 is 0 Å². The molecular weight excluding hydrogens is 170 g/mol. The molecule has 0 amide bonds. The first-order chi connectivity index (χ1) is 6.27. The zero-order valence-corrected chi connectivity index (χ0v) is 7.82. The summed E-state index contributed by atoms with van der Waals surface area (Å²) in [6.45, 7) is 0. The van der Waals surface area contributed by atoms with Crippen molar-refractivity contribution < 1.29 is 14.7 Å². The molecule has 4 nitrogen and oxygen atoms in total. The zero-order chi connectivity index (χ0) is 9.68. The average Bonchev–Trinajstić information content (AvgIpc) is 2.18. The summed E-state index contributed by atoms with van der Waals surface area (Å²) >= 11 is 0. The summed E-state index contributed by atoms with van der Waals surface area (Å²) in [5.74, 6) is -0.140. The Labute approximate surface area is 77.6 Å². The first-order valence-electron chi connectivity index (χ1n) is 4.55. The normalized spacial score (nSPS) is 25.9. The van der Waals surface area contributed by atoms with E-state index in [1.165, 1.54) is 7.11 Å². The maximum absolute atomic E-state index is 11.0. The number of nitrogens with zero attached hydrogens (tertiary/aromatic N) is 1. The van der Waals surface area contributed by atoms with Gasteiger partial charge in [0.15, 0.2) is 0 Å². The van der Waals surface area contributed by atoms with Gasteiger partial charge in [-0.2, -0.15) is 0 Å². The minimum absolute atomic E-state index is 0.0891. The molecule has 0 radical (unpaired) electrons. The number of oxime groups is 1. The SMILES string of the molecule is COC(=O)CC1CCCCC1=NO. The van der Waals surface area contributed by atoms with E-state index in [4.69, 9.17) is 5.21 Å². The number of hydrogen-bond acceptors (Lipinski definition) is 4. The maximum atomic E-state index is 11.0. The molecule has 0 aromatic carbocycles. The first-order valence-corrected chi connectivity index (χ1v) is 4.55. The van der Waals surface area contributed by atoms with Crippen molar-refractivity contribution in [1.82, 2.24) is 0 Å².